The van der Waals surface area contributed by atoms with Gasteiger partial charge in [0.15, 0.2) is 0 Å². The Hall–Kier alpha value is -2.69. The minimum atomic E-state index is -1.01. The molecule has 0 aromatic heterocycles. The van der Waals surface area contributed by atoms with Crippen molar-refractivity contribution in [1.29, 1.82) is 0 Å². The molecule has 0 saturated heterocycles. The van der Waals surface area contributed by atoms with Gasteiger partial charge in [0.05, 0.1) is 18.0 Å². The van der Waals surface area contributed by atoms with Crippen molar-refractivity contribution in [2.75, 3.05) is 0 Å². The van der Waals surface area contributed by atoms with Crippen LogP contribution in [0.4, 0.5) is 4.39 Å². The topological polar surface area (TPSA) is 66.4 Å². The summed E-state index contributed by atoms with van der Waals surface area (Å²) in [5, 5.41) is 12.0. The second-order valence-electron chi connectivity index (χ2n) is 6.04. The Kier molecular flexibility index (Phi) is 4.60. The number of aryl methyl sites for hydroxylation is 1. The third-order valence-corrected chi connectivity index (χ3v) is 4.29. The van der Waals surface area contributed by atoms with Gasteiger partial charge in [-0.05, 0) is 60.2 Å². The number of carbonyl (C=O) groups excluding carboxylic acids is 1. The maximum absolute atomic E-state index is 13.3. The largest absolute Gasteiger partial charge is 0.478 e. The lowest BCUT2D eigenvalue weighted by Gasteiger charge is -2.26. The molecule has 124 valence electrons. The third-order valence-electron chi connectivity index (χ3n) is 4.29. The molecule has 1 unspecified atom stereocenters. The van der Waals surface area contributed by atoms with E-state index in [2.05, 4.69) is 5.32 Å². The number of amides is 1. The lowest BCUT2D eigenvalue weighted by Crippen LogP contribution is -2.32. The number of hydrogen-bond acceptors (Lipinski definition) is 2. The van der Waals surface area contributed by atoms with Crippen LogP contribution in [0, 0.1) is 5.82 Å². The molecule has 0 aliphatic heterocycles. The number of benzene rings is 2. The van der Waals surface area contributed by atoms with E-state index in [1.807, 2.05) is 0 Å². The standard InChI is InChI=1S/C19H18FNO3/c20-15-7-8-16-13(11-15)4-2-6-17(16)21-18(22)10-12-3-1-5-14(9-12)19(23)24/h1,3,5,7-9,11,17H,2,4,6,10H2,(H,21,22)(H,23,24). The number of nitrogens with one attached hydrogen (secondary N) is 1. The quantitative estimate of drug-likeness (QED) is 0.906. The second kappa shape index (κ2) is 6.83. The highest BCUT2D eigenvalue weighted by Gasteiger charge is 2.22. The van der Waals surface area contributed by atoms with Crippen LogP contribution in [0.2, 0.25) is 0 Å². The van der Waals surface area contributed by atoms with Crippen molar-refractivity contribution in [3.05, 3.63) is 70.5 Å². The first-order chi connectivity index (χ1) is 11.5. The number of halogens is 1. The number of carbonyl (C=O) groups is 2. The molecule has 0 heterocycles. The van der Waals surface area contributed by atoms with E-state index in [1.54, 1.807) is 18.2 Å². The Labute approximate surface area is 139 Å². The molecule has 2 aromatic rings. The van der Waals surface area contributed by atoms with Crippen LogP contribution in [0.5, 0.6) is 0 Å². The van der Waals surface area contributed by atoms with Crippen LogP contribution in [-0.4, -0.2) is 17.0 Å². The predicted octanol–water partition coefficient (Wildman–Crippen LogP) is 3.26. The molecule has 3 rings (SSSR count). The molecule has 0 saturated carbocycles. The van der Waals surface area contributed by atoms with E-state index in [-0.39, 0.29) is 29.8 Å². The van der Waals surface area contributed by atoms with Crippen LogP contribution < -0.4 is 5.32 Å². The molecule has 2 N–H and O–H groups in total. The summed E-state index contributed by atoms with van der Waals surface area (Å²) in [6.07, 6.45) is 2.66. The molecule has 5 heteroatoms. The third kappa shape index (κ3) is 3.62. The van der Waals surface area contributed by atoms with Gasteiger partial charge in [0.2, 0.25) is 5.91 Å². The Balaban J connectivity index is 1.70. The fourth-order valence-electron chi connectivity index (χ4n) is 3.18. The van der Waals surface area contributed by atoms with Crippen LogP contribution in [0.1, 0.15) is 45.9 Å². The van der Waals surface area contributed by atoms with Crippen molar-refractivity contribution in [3.8, 4) is 0 Å². The predicted molar refractivity (Wildman–Crippen MR) is 87.3 cm³/mol. The second-order valence-corrected chi connectivity index (χ2v) is 6.04. The van der Waals surface area contributed by atoms with E-state index in [4.69, 9.17) is 5.11 Å². The van der Waals surface area contributed by atoms with Crippen molar-refractivity contribution in [2.45, 2.75) is 31.7 Å². The molecular weight excluding hydrogens is 309 g/mol. The first-order valence-corrected chi connectivity index (χ1v) is 7.93. The molecule has 0 radical (unpaired) electrons. The maximum Gasteiger partial charge on any atom is 0.335 e. The van der Waals surface area contributed by atoms with Gasteiger partial charge in [0.25, 0.3) is 0 Å². The molecule has 0 spiro atoms. The highest BCUT2D eigenvalue weighted by molar-refractivity contribution is 5.88. The molecule has 24 heavy (non-hydrogen) atoms. The summed E-state index contributed by atoms with van der Waals surface area (Å²) in [7, 11) is 0. The lowest BCUT2D eigenvalue weighted by atomic mass is 9.87. The van der Waals surface area contributed by atoms with Gasteiger partial charge in [-0.2, -0.15) is 0 Å². The van der Waals surface area contributed by atoms with Crippen LogP contribution in [-0.2, 0) is 17.6 Å². The average Bonchev–Trinajstić information content (AvgIpc) is 2.55. The summed E-state index contributed by atoms with van der Waals surface area (Å²) in [5.74, 6) is -1.44. The van der Waals surface area contributed by atoms with Gasteiger partial charge in [0.1, 0.15) is 5.82 Å². The van der Waals surface area contributed by atoms with Gasteiger partial charge in [-0.25, -0.2) is 9.18 Å². The molecule has 1 atom stereocenters. The zero-order valence-electron chi connectivity index (χ0n) is 13.1. The molecule has 4 nitrogen and oxygen atoms in total. The molecule has 1 aliphatic rings. The number of hydrogen-bond donors (Lipinski definition) is 2. The molecule has 0 fully saturated rings. The van der Waals surface area contributed by atoms with Crippen molar-refractivity contribution >= 4 is 11.9 Å². The van der Waals surface area contributed by atoms with Gasteiger partial charge in [-0.3, -0.25) is 4.79 Å². The highest BCUT2D eigenvalue weighted by Crippen LogP contribution is 2.30. The fraction of sp³-hybridized carbons (Fsp3) is 0.263. The van der Waals surface area contributed by atoms with E-state index in [0.717, 1.165) is 30.4 Å². The Morgan fingerprint density at radius 3 is 2.83 bits per heavy atom. The van der Waals surface area contributed by atoms with Crippen LogP contribution >= 0.6 is 0 Å². The Morgan fingerprint density at radius 1 is 1.21 bits per heavy atom. The molecule has 0 bridgehead atoms. The first-order valence-electron chi connectivity index (χ1n) is 7.93. The number of fused-ring (bicyclic) bond motifs is 1. The minimum Gasteiger partial charge on any atom is -0.478 e. The summed E-state index contributed by atoms with van der Waals surface area (Å²) >= 11 is 0. The Morgan fingerprint density at radius 2 is 2.04 bits per heavy atom. The van der Waals surface area contributed by atoms with Gasteiger partial charge in [0, 0.05) is 0 Å². The van der Waals surface area contributed by atoms with Crippen LogP contribution in [0.15, 0.2) is 42.5 Å². The number of aromatic carboxylic acids is 1. The summed E-state index contributed by atoms with van der Waals surface area (Å²) < 4.78 is 13.3. The maximum atomic E-state index is 13.3. The Bertz CT molecular complexity index is 788. The lowest BCUT2D eigenvalue weighted by molar-refractivity contribution is -0.121. The van der Waals surface area contributed by atoms with E-state index in [0.29, 0.717) is 5.56 Å². The smallest absolute Gasteiger partial charge is 0.335 e. The van der Waals surface area contributed by atoms with E-state index < -0.39 is 5.97 Å². The van der Waals surface area contributed by atoms with Crippen molar-refractivity contribution in [2.24, 2.45) is 0 Å². The fourth-order valence-corrected chi connectivity index (χ4v) is 3.18. The van der Waals surface area contributed by atoms with Crippen molar-refractivity contribution in [3.63, 3.8) is 0 Å². The zero-order chi connectivity index (χ0) is 17.1. The number of rotatable bonds is 4. The summed E-state index contributed by atoms with van der Waals surface area (Å²) in [6.45, 7) is 0. The van der Waals surface area contributed by atoms with Gasteiger partial charge in [-0.15, -0.1) is 0 Å². The van der Waals surface area contributed by atoms with E-state index in [9.17, 15) is 14.0 Å². The van der Waals surface area contributed by atoms with Gasteiger partial charge < -0.3 is 10.4 Å². The average molecular weight is 327 g/mol. The normalized spacial score (nSPS) is 16.3. The van der Waals surface area contributed by atoms with Crippen molar-refractivity contribution in [1.82, 2.24) is 5.32 Å². The minimum absolute atomic E-state index is 0.119. The summed E-state index contributed by atoms with van der Waals surface area (Å²) in [5.41, 5.74) is 2.73. The SMILES string of the molecule is O=C(Cc1cccc(C(=O)O)c1)NC1CCCc2cc(F)ccc21. The van der Waals surface area contributed by atoms with Crippen molar-refractivity contribution < 1.29 is 19.1 Å². The molecular formula is C19H18FNO3. The van der Waals surface area contributed by atoms with E-state index >= 15 is 0 Å². The molecule has 1 amide bonds. The van der Waals surface area contributed by atoms with E-state index in [1.165, 1.54) is 24.3 Å². The monoisotopic (exact) mass is 327 g/mol. The highest BCUT2D eigenvalue weighted by atomic mass is 19.1. The summed E-state index contributed by atoms with van der Waals surface area (Å²) in [4.78, 5) is 23.3. The van der Waals surface area contributed by atoms with Gasteiger partial charge >= 0.3 is 5.97 Å². The summed E-state index contributed by atoms with van der Waals surface area (Å²) in [6, 6.07) is 10.9. The van der Waals surface area contributed by atoms with Crippen LogP contribution in [0.3, 0.4) is 0 Å². The zero-order valence-corrected chi connectivity index (χ0v) is 13.1. The van der Waals surface area contributed by atoms with Crippen LogP contribution in [0.25, 0.3) is 0 Å². The first kappa shape index (κ1) is 16.2. The number of carboxylic acid groups (broad SMARTS) is 1. The van der Waals surface area contributed by atoms with Gasteiger partial charge in [-0.1, -0.05) is 18.2 Å². The molecule has 2 aromatic carbocycles. The molecule has 1 aliphatic carbocycles. The number of carboxylic acids is 1.